The van der Waals surface area contributed by atoms with E-state index in [0.717, 1.165) is 0 Å². The molecule has 2 rings (SSSR count). The van der Waals surface area contributed by atoms with Crippen molar-refractivity contribution in [1.82, 2.24) is 14.5 Å². The third kappa shape index (κ3) is 2.39. The van der Waals surface area contributed by atoms with Gasteiger partial charge in [0.1, 0.15) is 12.2 Å². The van der Waals surface area contributed by atoms with Gasteiger partial charge in [0.05, 0.1) is 12.0 Å². The number of nitrogen functional groups attached to an aromatic ring is 1. The molecule has 0 aliphatic heterocycles. The third-order valence-corrected chi connectivity index (χ3v) is 3.05. The number of rotatable bonds is 5. The van der Waals surface area contributed by atoms with Crippen LogP contribution in [0.5, 0.6) is 0 Å². The van der Waals surface area contributed by atoms with Crippen LogP contribution >= 0.6 is 0 Å². The molecule has 3 atom stereocenters. The van der Waals surface area contributed by atoms with E-state index < -0.39 is 30.6 Å². The Bertz CT molecular complexity index is 648. The second-order valence-electron chi connectivity index (χ2n) is 4.27. The highest BCUT2D eigenvalue weighted by Crippen LogP contribution is 2.19. The minimum Gasteiger partial charge on any atom is -0.394 e. The van der Waals surface area contributed by atoms with Crippen LogP contribution in [-0.4, -0.2) is 55.8 Å². The van der Waals surface area contributed by atoms with Crippen molar-refractivity contribution in [1.29, 1.82) is 0 Å². The summed E-state index contributed by atoms with van der Waals surface area (Å²) in [6.07, 6.45) is -2.42. The number of nitrogens with one attached hydrogen (secondary N) is 1. The van der Waals surface area contributed by atoms with Gasteiger partial charge in [-0.2, -0.15) is 4.98 Å². The Labute approximate surface area is 113 Å². The molecule has 2 heterocycles. The topological polar surface area (TPSA) is 147 Å². The molecular formula is C11H16N4O5. The van der Waals surface area contributed by atoms with Gasteiger partial charge in [0, 0.05) is 13.3 Å². The molecule has 2 aromatic rings. The molecule has 0 radical (unpaired) electrons. The van der Waals surface area contributed by atoms with Crippen molar-refractivity contribution in [3.8, 4) is 0 Å². The lowest BCUT2D eigenvalue weighted by Gasteiger charge is -2.25. The van der Waals surface area contributed by atoms with Crippen molar-refractivity contribution in [2.24, 2.45) is 0 Å². The maximum Gasteiger partial charge on any atom is 0.261 e. The molecule has 20 heavy (non-hydrogen) atoms. The van der Waals surface area contributed by atoms with Gasteiger partial charge in [-0.3, -0.25) is 9.78 Å². The van der Waals surface area contributed by atoms with Gasteiger partial charge in [0.15, 0.2) is 11.9 Å². The van der Waals surface area contributed by atoms with Crippen molar-refractivity contribution in [3.05, 3.63) is 22.6 Å². The lowest BCUT2D eigenvalue weighted by Crippen LogP contribution is -2.38. The van der Waals surface area contributed by atoms with Crippen LogP contribution in [0, 0.1) is 0 Å². The van der Waals surface area contributed by atoms with Crippen LogP contribution in [0.25, 0.3) is 11.0 Å². The first-order valence-electron chi connectivity index (χ1n) is 5.85. The summed E-state index contributed by atoms with van der Waals surface area (Å²) in [5, 5.41) is 29.3. The molecular weight excluding hydrogens is 268 g/mol. The molecule has 0 bridgehead atoms. The lowest BCUT2D eigenvalue weighted by molar-refractivity contribution is -0.115. The largest absolute Gasteiger partial charge is 0.394 e. The minimum absolute atomic E-state index is 0.102. The SMILES string of the molecule is CO[C@H](CO)[C@@H](O)[C@H](O)n1ccc2c(=O)[nH]c(N)nc21. The van der Waals surface area contributed by atoms with Crippen LogP contribution in [0.1, 0.15) is 6.23 Å². The van der Waals surface area contributed by atoms with Crippen molar-refractivity contribution < 1.29 is 20.1 Å². The number of anilines is 1. The highest BCUT2D eigenvalue weighted by Gasteiger charge is 2.28. The van der Waals surface area contributed by atoms with Crippen molar-refractivity contribution in [2.45, 2.75) is 18.4 Å². The summed E-state index contributed by atoms with van der Waals surface area (Å²) >= 11 is 0. The van der Waals surface area contributed by atoms with E-state index in [9.17, 15) is 15.0 Å². The average molecular weight is 284 g/mol. The Morgan fingerprint density at radius 3 is 2.85 bits per heavy atom. The minimum atomic E-state index is -1.45. The number of aliphatic hydroxyl groups is 3. The Morgan fingerprint density at radius 1 is 1.55 bits per heavy atom. The van der Waals surface area contributed by atoms with Crippen molar-refractivity contribution in [2.75, 3.05) is 19.5 Å². The van der Waals surface area contributed by atoms with Crippen LogP contribution < -0.4 is 11.3 Å². The third-order valence-electron chi connectivity index (χ3n) is 3.05. The molecule has 9 heteroatoms. The number of nitrogens with zero attached hydrogens (tertiary/aromatic N) is 2. The van der Waals surface area contributed by atoms with Crippen LogP contribution in [0.3, 0.4) is 0 Å². The van der Waals surface area contributed by atoms with Crippen molar-refractivity contribution in [3.63, 3.8) is 0 Å². The summed E-state index contributed by atoms with van der Waals surface area (Å²) in [6, 6.07) is 1.44. The first-order chi connectivity index (χ1) is 9.49. The number of aromatic amines is 1. The van der Waals surface area contributed by atoms with Gasteiger partial charge >= 0.3 is 0 Å². The number of hydrogen-bond acceptors (Lipinski definition) is 7. The Balaban J connectivity index is 2.45. The fourth-order valence-corrected chi connectivity index (χ4v) is 1.95. The number of nitrogens with two attached hydrogens (primary N) is 1. The van der Waals surface area contributed by atoms with E-state index >= 15 is 0 Å². The van der Waals surface area contributed by atoms with E-state index in [1.54, 1.807) is 0 Å². The van der Waals surface area contributed by atoms with Crippen molar-refractivity contribution >= 4 is 17.0 Å². The molecule has 9 nitrogen and oxygen atoms in total. The normalized spacial score (nSPS) is 16.2. The molecule has 0 amide bonds. The molecule has 110 valence electrons. The summed E-state index contributed by atoms with van der Waals surface area (Å²) in [5.74, 6) is -0.102. The Morgan fingerprint density at radius 2 is 2.25 bits per heavy atom. The number of methoxy groups -OCH3 is 1. The van der Waals surface area contributed by atoms with E-state index in [4.69, 9.17) is 15.6 Å². The van der Waals surface area contributed by atoms with Gasteiger partial charge in [-0.15, -0.1) is 0 Å². The Hall–Kier alpha value is -1.94. The predicted octanol–water partition coefficient (Wildman–Crippen LogP) is -1.83. The molecule has 0 aromatic carbocycles. The number of fused-ring (bicyclic) bond motifs is 1. The van der Waals surface area contributed by atoms with E-state index in [-0.39, 0.29) is 17.0 Å². The lowest BCUT2D eigenvalue weighted by atomic mass is 10.2. The Kier molecular flexibility index (Phi) is 4.04. The van der Waals surface area contributed by atoms with Gasteiger partial charge < -0.3 is 30.4 Å². The van der Waals surface area contributed by atoms with Crippen LogP contribution in [0.15, 0.2) is 17.1 Å². The van der Waals surface area contributed by atoms with Gasteiger partial charge in [0.25, 0.3) is 5.56 Å². The number of aliphatic hydroxyl groups excluding tert-OH is 3. The smallest absolute Gasteiger partial charge is 0.261 e. The standard InChI is InChI=1S/C11H16N4O5/c1-20-6(4-16)7(17)10(19)15-3-2-5-8(15)13-11(12)14-9(5)18/h2-3,6-7,10,16-17,19H,4H2,1H3,(H3,12,13,14,18)/t6-,7-,10+/m1/s1. The first kappa shape index (κ1) is 14.5. The second-order valence-corrected chi connectivity index (χ2v) is 4.27. The second kappa shape index (κ2) is 5.59. The predicted molar refractivity (Wildman–Crippen MR) is 69.9 cm³/mol. The quantitative estimate of drug-likeness (QED) is 0.433. The molecule has 0 aliphatic rings. The summed E-state index contributed by atoms with van der Waals surface area (Å²) in [7, 11) is 1.30. The van der Waals surface area contributed by atoms with Crippen LogP contribution in [0.4, 0.5) is 5.95 Å². The summed E-state index contributed by atoms with van der Waals surface area (Å²) < 4.78 is 6.04. The van der Waals surface area contributed by atoms with E-state index in [1.807, 2.05) is 0 Å². The molecule has 0 unspecified atom stereocenters. The van der Waals surface area contributed by atoms with Gasteiger partial charge in [-0.05, 0) is 6.07 Å². The fourth-order valence-electron chi connectivity index (χ4n) is 1.95. The zero-order valence-electron chi connectivity index (χ0n) is 10.7. The average Bonchev–Trinajstić information content (AvgIpc) is 2.83. The van der Waals surface area contributed by atoms with Gasteiger partial charge in [-0.25, -0.2) is 0 Å². The van der Waals surface area contributed by atoms with Crippen LogP contribution in [0.2, 0.25) is 0 Å². The summed E-state index contributed by atoms with van der Waals surface area (Å²) in [6.45, 7) is -0.468. The number of ether oxygens (including phenoxy) is 1. The highest BCUT2D eigenvalue weighted by molar-refractivity contribution is 5.76. The highest BCUT2D eigenvalue weighted by atomic mass is 16.5. The van der Waals surface area contributed by atoms with Crippen LogP contribution in [-0.2, 0) is 4.74 Å². The molecule has 6 N–H and O–H groups in total. The first-order valence-corrected chi connectivity index (χ1v) is 5.85. The maximum atomic E-state index is 11.7. The summed E-state index contributed by atoms with van der Waals surface area (Å²) in [4.78, 5) is 17.9. The fraction of sp³-hybridized carbons (Fsp3) is 0.455. The van der Waals surface area contributed by atoms with E-state index in [1.165, 1.54) is 23.9 Å². The monoisotopic (exact) mass is 284 g/mol. The van der Waals surface area contributed by atoms with E-state index in [0.29, 0.717) is 0 Å². The molecule has 0 saturated carbocycles. The molecule has 0 saturated heterocycles. The number of aromatic nitrogens is 3. The molecule has 0 aliphatic carbocycles. The summed E-state index contributed by atoms with van der Waals surface area (Å²) in [5.41, 5.74) is 5.14. The van der Waals surface area contributed by atoms with Gasteiger partial charge in [0.2, 0.25) is 5.95 Å². The molecule has 0 fully saturated rings. The zero-order valence-corrected chi connectivity index (χ0v) is 10.7. The zero-order chi connectivity index (χ0) is 14.9. The number of hydrogen-bond donors (Lipinski definition) is 5. The maximum absolute atomic E-state index is 11.7. The number of H-pyrrole nitrogens is 1. The molecule has 2 aromatic heterocycles. The van der Waals surface area contributed by atoms with E-state index in [2.05, 4.69) is 9.97 Å². The molecule has 0 spiro atoms. The van der Waals surface area contributed by atoms with Gasteiger partial charge in [-0.1, -0.05) is 0 Å².